The quantitative estimate of drug-likeness (QED) is 0.742. The summed E-state index contributed by atoms with van der Waals surface area (Å²) in [7, 11) is 1.75. The molecule has 0 saturated carbocycles. The molecular weight excluding hydrogens is 198 g/mol. The molecule has 0 aliphatic carbocycles. The number of alkyl halides is 2. The first-order valence-electron chi connectivity index (χ1n) is 5.49. The molecule has 0 amide bonds. The molecule has 0 rings (SSSR count). The van der Waals surface area contributed by atoms with Crippen LogP contribution in [0, 0.1) is 0 Å². The fourth-order valence-corrected chi connectivity index (χ4v) is 1.40. The molecule has 1 unspecified atom stereocenters. The lowest BCUT2D eigenvalue weighted by molar-refractivity contribution is 0.0778. The molecule has 0 saturated heterocycles. The monoisotopic (exact) mass is 222 g/mol. The molecule has 1 atom stereocenters. The first-order valence-corrected chi connectivity index (χ1v) is 5.49. The van der Waals surface area contributed by atoms with Gasteiger partial charge < -0.3 is 5.32 Å². The van der Waals surface area contributed by atoms with Gasteiger partial charge in [0.25, 0.3) is 6.43 Å². The standard InChI is InChI=1S/C11H24F2N2/c1-6-9(7-14-11(2,3)4)15(5)8-10(12)13/h9-10,14H,6-8H2,1-5H3. The zero-order chi connectivity index (χ0) is 12.1. The highest BCUT2D eigenvalue weighted by molar-refractivity contribution is 4.77. The number of nitrogens with zero attached hydrogens (tertiary/aromatic N) is 1. The average molecular weight is 222 g/mol. The Morgan fingerprint density at radius 3 is 2.13 bits per heavy atom. The van der Waals surface area contributed by atoms with Crippen molar-refractivity contribution in [1.29, 1.82) is 0 Å². The predicted octanol–water partition coefficient (Wildman–Crippen LogP) is 2.35. The van der Waals surface area contributed by atoms with Gasteiger partial charge in [-0.05, 0) is 34.2 Å². The molecule has 15 heavy (non-hydrogen) atoms. The van der Waals surface area contributed by atoms with Gasteiger partial charge in [0.15, 0.2) is 0 Å². The molecule has 1 N–H and O–H groups in total. The molecule has 0 aromatic carbocycles. The van der Waals surface area contributed by atoms with Gasteiger partial charge in [0.1, 0.15) is 0 Å². The third-order valence-corrected chi connectivity index (χ3v) is 2.39. The van der Waals surface area contributed by atoms with Crippen molar-refractivity contribution in [3.8, 4) is 0 Å². The van der Waals surface area contributed by atoms with E-state index in [9.17, 15) is 8.78 Å². The van der Waals surface area contributed by atoms with Crippen LogP contribution < -0.4 is 5.32 Å². The van der Waals surface area contributed by atoms with Crippen LogP contribution in [0.25, 0.3) is 0 Å². The molecule has 0 aliphatic rings. The molecule has 0 aliphatic heterocycles. The van der Waals surface area contributed by atoms with Crippen molar-refractivity contribution in [3.63, 3.8) is 0 Å². The minimum absolute atomic E-state index is 0.0408. The maximum Gasteiger partial charge on any atom is 0.251 e. The highest BCUT2D eigenvalue weighted by Gasteiger charge is 2.18. The van der Waals surface area contributed by atoms with Gasteiger partial charge in [-0.25, -0.2) is 8.78 Å². The number of rotatable bonds is 6. The van der Waals surface area contributed by atoms with Crippen LogP contribution in [0.5, 0.6) is 0 Å². The first-order chi connectivity index (χ1) is 6.76. The first kappa shape index (κ1) is 14.8. The molecule has 0 radical (unpaired) electrons. The van der Waals surface area contributed by atoms with E-state index in [1.54, 1.807) is 11.9 Å². The highest BCUT2D eigenvalue weighted by Crippen LogP contribution is 2.06. The molecule has 4 heteroatoms. The molecule has 0 bridgehead atoms. The molecule has 2 nitrogen and oxygen atoms in total. The molecule has 0 spiro atoms. The lowest BCUT2D eigenvalue weighted by Gasteiger charge is -2.30. The Bertz CT molecular complexity index is 166. The molecule has 0 aromatic rings. The van der Waals surface area contributed by atoms with Crippen molar-refractivity contribution in [3.05, 3.63) is 0 Å². The third-order valence-electron chi connectivity index (χ3n) is 2.39. The van der Waals surface area contributed by atoms with Crippen LogP contribution in [-0.4, -0.2) is 43.0 Å². The SMILES string of the molecule is CCC(CNC(C)(C)C)N(C)CC(F)F. The van der Waals surface area contributed by atoms with Gasteiger partial charge in [0, 0.05) is 18.1 Å². The summed E-state index contributed by atoms with van der Waals surface area (Å²) in [5, 5.41) is 3.34. The van der Waals surface area contributed by atoms with Crippen molar-refractivity contribution in [2.45, 2.75) is 52.1 Å². The van der Waals surface area contributed by atoms with Gasteiger partial charge >= 0.3 is 0 Å². The molecular formula is C11H24F2N2. The Labute approximate surface area is 92.0 Å². The number of hydrogen-bond acceptors (Lipinski definition) is 2. The Balaban J connectivity index is 4.01. The Morgan fingerprint density at radius 2 is 1.80 bits per heavy atom. The summed E-state index contributed by atoms with van der Waals surface area (Å²) in [6.07, 6.45) is -1.37. The van der Waals surface area contributed by atoms with Gasteiger partial charge in [0.2, 0.25) is 0 Å². The van der Waals surface area contributed by atoms with E-state index in [1.165, 1.54) is 0 Å². The van der Waals surface area contributed by atoms with Crippen molar-refractivity contribution < 1.29 is 8.78 Å². The largest absolute Gasteiger partial charge is 0.311 e. The van der Waals surface area contributed by atoms with Crippen LogP contribution in [0.2, 0.25) is 0 Å². The zero-order valence-electron chi connectivity index (χ0n) is 10.5. The smallest absolute Gasteiger partial charge is 0.251 e. The summed E-state index contributed by atoms with van der Waals surface area (Å²) >= 11 is 0. The van der Waals surface area contributed by atoms with Gasteiger partial charge in [-0.1, -0.05) is 6.92 Å². The van der Waals surface area contributed by atoms with E-state index < -0.39 is 6.43 Å². The second kappa shape index (κ2) is 6.38. The minimum atomic E-state index is -2.25. The van der Waals surface area contributed by atoms with Crippen LogP contribution in [-0.2, 0) is 0 Å². The van der Waals surface area contributed by atoms with Crippen molar-refractivity contribution >= 4 is 0 Å². The Hall–Kier alpha value is -0.220. The summed E-state index contributed by atoms with van der Waals surface area (Å²) in [6, 6.07) is 0.179. The van der Waals surface area contributed by atoms with Crippen LogP contribution in [0.1, 0.15) is 34.1 Å². The predicted molar refractivity (Wildman–Crippen MR) is 60.5 cm³/mol. The maximum atomic E-state index is 12.2. The van der Waals surface area contributed by atoms with E-state index in [0.29, 0.717) is 0 Å². The van der Waals surface area contributed by atoms with Crippen LogP contribution in [0.4, 0.5) is 8.78 Å². The molecule has 0 aromatic heterocycles. The topological polar surface area (TPSA) is 15.3 Å². The Kier molecular flexibility index (Phi) is 6.29. The second-order valence-electron chi connectivity index (χ2n) is 5.02. The fraction of sp³-hybridized carbons (Fsp3) is 1.00. The van der Waals surface area contributed by atoms with Crippen LogP contribution >= 0.6 is 0 Å². The number of likely N-dealkylation sites (N-methyl/N-ethyl adjacent to an activating group) is 1. The lowest BCUT2D eigenvalue weighted by atomic mass is 10.1. The highest BCUT2D eigenvalue weighted by atomic mass is 19.3. The minimum Gasteiger partial charge on any atom is -0.311 e. The third kappa shape index (κ3) is 7.68. The summed E-state index contributed by atoms with van der Waals surface area (Å²) < 4.78 is 24.4. The average Bonchev–Trinajstić information content (AvgIpc) is 2.01. The number of hydrogen-bond donors (Lipinski definition) is 1. The van der Waals surface area contributed by atoms with E-state index >= 15 is 0 Å². The lowest BCUT2D eigenvalue weighted by Crippen LogP contribution is -2.47. The van der Waals surface area contributed by atoms with E-state index in [4.69, 9.17) is 0 Å². The van der Waals surface area contributed by atoms with Gasteiger partial charge in [-0.3, -0.25) is 4.90 Å². The van der Waals surface area contributed by atoms with E-state index in [-0.39, 0.29) is 18.1 Å². The van der Waals surface area contributed by atoms with Crippen molar-refractivity contribution in [2.24, 2.45) is 0 Å². The fourth-order valence-electron chi connectivity index (χ4n) is 1.40. The van der Waals surface area contributed by atoms with Crippen molar-refractivity contribution in [1.82, 2.24) is 10.2 Å². The number of halogens is 2. The summed E-state index contributed by atoms with van der Waals surface area (Å²) in [5.74, 6) is 0. The maximum absolute atomic E-state index is 12.2. The Morgan fingerprint density at radius 1 is 1.27 bits per heavy atom. The molecule has 92 valence electrons. The van der Waals surface area contributed by atoms with E-state index in [2.05, 4.69) is 26.1 Å². The van der Waals surface area contributed by atoms with E-state index in [1.807, 2.05) is 6.92 Å². The summed E-state index contributed by atoms with van der Waals surface area (Å²) in [6.45, 7) is 8.86. The van der Waals surface area contributed by atoms with Gasteiger partial charge in [-0.2, -0.15) is 0 Å². The van der Waals surface area contributed by atoms with Crippen LogP contribution in [0.15, 0.2) is 0 Å². The second-order valence-corrected chi connectivity index (χ2v) is 5.02. The van der Waals surface area contributed by atoms with Gasteiger partial charge in [-0.15, -0.1) is 0 Å². The van der Waals surface area contributed by atoms with E-state index in [0.717, 1.165) is 13.0 Å². The summed E-state index contributed by atoms with van der Waals surface area (Å²) in [4.78, 5) is 1.73. The molecule has 0 fully saturated rings. The normalized spacial score (nSPS) is 15.0. The van der Waals surface area contributed by atoms with Crippen LogP contribution in [0.3, 0.4) is 0 Å². The zero-order valence-corrected chi connectivity index (χ0v) is 10.5. The number of nitrogens with one attached hydrogen (secondary N) is 1. The summed E-state index contributed by atoms with van der Waals surface area (Å²) in [5.41, 5.74) is 0.0408. The van der Waals surface area contributed by atoms with Gasteiger partial charge in [0.05, 0.1) is 6.54 Å². The van der Waals surface area contributed by atoms with Crippen molar-refractivity contribution in [2.75, 3.05) is 20.1 Å². The molecule has 0 heterocycles.